The van der Waals surface area contributed by atoms with Gasteiger partial charge in [0, 0.05) is 6.42 Å². The van der Waals surface area contributed by atoms with Crippen molar-refractivity contribution < 1.29 is 24.3 Å². The first kappa shape index (κ1) is 23.1. The summed E-state index contributed by atoms with van der Waals surface area (Å²) in [7, 11) is 0. The maximum atomic E-state index is 12.3. The lowest BCUT2D eigenvalue weighted by Crippen LogP contribution is -2.52. The van der Waals surface area contributed by atoms with E-state index in [1.807, 2.05) is 19.9 Å². The van der Waals surface area contributed by atoms with Gasteiger partial charge in [-0.15, -0.1) is 0 Å². The average Bonchev–Trinajstić information content (AvgIpc) is 2.63. The molecule has 28 heavy (non-hydrogen) atoms. The zero-order valence-corrected chi connectivity index (χ0v) is 16.1. The molecule has 3 amide bonds. The Labute approximate surface area is 164 Å². The summed E-state index contributed by atoms with van der Waals surface area (Å²) in [4.78, 5) is 47.0. The number of hydrogen-bond acceptors (Lipinski definition) is 5. The Hall–Kier alpha value is -2.94. The van der Waals surface area contributed by atoms with Crippen LogP contribution in [0, 0.1) is 5.92 Å². The molecule has 1 rings (SSSR count). The minimum absolute atomic E-state index is 0.179. The maximum Gasteiger partial charge on any atom is 0.322 e. The molecule has 1 aromatic rings. The fraction of sp³-hybridized carbons (Fsp3) is 0.474. The molecule has 0 radical (unpaired) electrons. The Morgan fingerprint density at radius 1 is 1.00 bits per heavy atom. The molecule has 1 aromatic carbocycles. The number of carboxylic acid groups (broad SMARTS) is 1. The second kappa shape index (κ2) is 11.7. The third kappa shape index (κ3) is 9.13. The van der Waals surface area contributed by atoms with Crippen molar-refractivity contribution in [1.29, 1.82) is 0 Å². The minimum atomic E-state index is -1.19. The van der Waals surface area contributed by atoms with Gasteiger partial charge < -0.3 is 26.8 Å². The van der Waals surface area contributed by atoms with Crippen LogP contribution in [0.25, 0.3) is 0 Å². The molecular formula is C19H28N4O5. The summed E-state index contributed by atoms with van der Waals surface area (Å²) in [5, 5.41) is 15.9. The van der Waals surface area contributed by atoms with Crippen LogP contribution < -0.4 is 21.7 Å². The number of carbonyl (C=O) groups is 4. The molecule has 0 spiro atoms. The monoisotopic (exact) mass is 392 g/mol. The van der Waals surface area contributed by atoms with Crippen LogP contribution >= 0.6 is 0 Å². The summed E-state index contributed by atoms with van der Waals surface area (Å²) in [5.74, 6) is -2.59. The van der Waals surface area contributed by atoms with Crippen LogP contribution in [0.5, 0.6) is 0 Å². The summed E-state index contributed by atoms with van der Waals surface area (Å²) in [6, 6.07) is 7.28. The molecule has 0 unspecified atom stereocenters. The highest BCUT2D eigenvalue weighted by atomic mass is 16.4. The lowest BCUT2D eigenvalue weighted by atomic mass is 10.0. The van der Waals surface area contributed by atoms with Crippen molar-refractivity contribution in [2.24, 2.45) is 11.7 Å². The minimum Gasteiger partial charge on any atom is -0.480 e. The molecule has 0 saturated heterocycles. The first-order chi connectivity index (χ1) is 13.2. The number of carbonyl (C=O) groups excluding carboxylic acids is 3. The number of benzene rings is 1. The van der Waals surface area contributed by atoms with E-state index < -0.39 is 42.3 Å². The molecule has 154 valence electrons. The molecule has 0 aliphatic heterocycles. The maximum absolute atomic E-state index is 12.3. The van der Waals surface area contributed by atoms with Gasteiger partial charge in [-0.25, -0.2) is 0 Å². The second-order valence-electron chi connectivity index (χ2n) is 6.88. The lowest BCUT2D eigenvalue weighted by molar-refractivity contribution is -0.138. The van der Waals surface area contributed by atoms with Gasteiger partial charge in [0.25, 0.3) is 0 Å². The Morgan fingerprint density at radius 3 is 2.18 bits per heavy atom. The predicted octanol–water partition coefficient (Wildman–Crippen LogP) is -0.596. The summed E-state index contributed by atoms with van der Waals surface area (Å²) in [6.07, 6.45) is 0.667. The number of carboxylic acids is 1. The highest BCUT2D eigenvalue weighted by Gasteiger charge is 2.22. The molecule has 0 saturated carbocycles. The number of hydrogen-bond donors (Lipinski definition) is 5. The van der Waals surface area contributed by atoms with E-state index in [9.17, 15) is 19.2 Å². The van der Waals surface area contributed by atoms with Crippen molar-refractivity contribution >= 4 is 23.7 Å². The van der Waals surface area contributed by atoms with Crippen LogP contribution in [-0.4, -0.2) is 54.0 Å². The van der Waals surface area contributed by atoms with E-state index in [4.69, 9.17) is 10.8 Å². The molecule has 0 heterocycles. The summed E-state index contributed by atoms with van der Waals surface area (Å²) in [5.41, 5.74) is 6.55. The van der Waals surface area contributed by atoms with Gasteiger partial charge in [-0.2, -0.15) is 0 Å². The Balaban J connectivity index is 2.65. The second-order valence-corrected chi connectivity index (χ2v) is 6.88. The van der Waals surface area contributed by atoms with Gasteiger partial charge in [-0.05, 0) is 17.9 Å². The van der Waals surface area contributed by atoms with E-state index in [0.29, 0.717) is 6.42 Å². The standard InChI is InChI=1S/C19H28N4O5/c1-12(2)8-14(20)18(27)21-10-16(24)23-15(19(28)22-11-17(25)26)9-13-6-4-3-5-7-13/h3-7,12,14-15H,8-11,20H2,1-2H3,(H,21,27)(H,22,28)(H,23,24)(H,25,26)/t14-,15-/m1/s1. The predicted molar refractivity (Wildman–Crippen MR) is 103 cm³/mol. The third-order valence-electron chi connectivity index (χ3n) is 3.83. The van der Waals surface area contributed by atoms with Gasteiger partial charge in [-0.1, -0.05) is 44.2 Å². The fourth-order valence-corrected chi connectivity index (χ4v) is 2.50. The van der Waals surface area contributed by atoms with E-state index in [-0.39, 0.29) is 18.9 Å². The topological polar surface area (TPSA) is 151 Å². The number of nitrogens with two attached hydrogens (primary N) is 1. The van der Waals surface area contributed by atoms with Crippen LogP contribution in [0.2, 0.25) is 0 Å². The molecule has 0 aromatic heterocycles. The van der Waals surface area contributed by atoms with Crippen LogP contribution in [-0.2, 0) is 25.6 Å². The van der Waals surface area contributed by atoms with Gasteiger partial charge in [-0.3, -0.25) is 19.2 Å². The number of nitrogens with one attached hydrogen (secondary N) is 3. The Kier molecular flexibility index (Phi) is 9.66. The van der Waals surface area contributed by atoms with Crippen molar-refractivity contribution in [1.82, 2.24) is 16.0 Å². The van der Waals surface area contributed by atoms with Crippen LogP contribution in [0.4, 0.5) is 0 Å². The van der Waals surface area contributed by atoms with Crippen molar-refractivity contribution in [3.05, 3.63) is 35.9 Å². The van der Waals surface area contributed by atoms with Crippen LogP contribution in [0.15, 0.2) is 30.3 Å². The summed E-state index contributed by atoms with van der Waals surface area (Å²) in [6.45, 7) is 2.98. The highest BCUT2D eigenvalue weighted by Crippen LogP contribution is 2.04. The average molecular weight is 392 g/mol. The van der Waals surface area contributed by atoms with Gasteiger partial charge in [0.1, 0.15) is 12.6 Å². The molecule has 0 aliphatic rings. The normalized spacial score (nSPS) is 12.7. The van der Waals surface area contributed by atoms with E-state index in [2.05, 4.69) is 16.0 Å². The molecule has 0 fully saturated rings. The Morgan fingerprint density at radius 2 is 1.61 bits per heavy atom. The lowest BCUT2D eigenvalue weighted by Gasteiger charge is -2.19. The van der Waals surface area contributed by atoms with E-state index in [0.717, 1.165) is 5.56 Å². The summed E-state index contributed by atoms with van der Waals surface area (Å²) >= 11 is 0. The van der Waals surface area contributed by atoms with Gasteiger partial charge >= 0.3 is 5.97 Å². The van der Waals surface area contributed by atoms with Crippen molar-refractivity contribution in [3.63, 3.8) is 0 Å². The smallest absolute Gasteiger partial charge is 0.322 e. The molecular weight excluding hydrogens is 364 g/mol. The quantitative estimate of drug-likeness (QED) is 0.339. The van der Waals surface area contributed by atoms with Gasteiger partial charge in [0.05, 0.1) is 12.6 Å². The highest BCUT2D eigenvalue weighted by molar-refractivity contribution is 5.92. The van der Waals surface area contributed by atoms with Crippen LogP contribution in [0.1, 0.15) is 25.8 Å². The van der Waals surface area contributed by atoms with Crippen molar-refractivity contribution in [2.75, 3.05) is 13.1 Å². The van der Waals surface area contributed by atoms with E-state index in [1.54, 1.807) is 24.3 Å². The Bertz CT molecular complexity index is 678. The SMILES string of the molecule is CC(C)C[C@@H](N)C(=O)NCC(=O)N[C@H](Cc1ccccc1)C(=O)NCC(=O)O. The molecule has 0 bridgehead atoms. The number of rotatable bonds is 11. The van der Waals surface area contributed by atoms with Crippen molar-refractivity contribution in [3.8, 4) is 0 Å². The van der Waals surface area contributed by atoms with Gasteiger partial charge in [0.2, 0.25) is 17.7 Å². The zero-order valence-electron chi connectivity index (χ0n) is 16.1. The van der Waals surface area contributed by atoms with Gasteiger partial charge in [0.15, 0.2) is 0 Å². The van der Waals surface area contributed by atoms with Crippen molar-refractivity contribution in [2.45, 2.75) is 38.8 Å². The first-order valence-electron chi connectivity index (χ1n) is 9.05. The van der Waals surface area contributed by atoms with E-state index in [1.165, 1.54) is 0 Å². The summed E-state index contributed by atoms with van der Waals surface area (Å²) < 4.78 is 0. The number of amides is 3. The van der Waals surface area contributed by atoms with E-state index >= 15 is 0 Å². The number of aliphatic carboxylic acids is 1. The molecule has 6 N–H and O–H groups in total. The zero-order chi connectivity index (χ0) is 21.1. The molecule has 2 atom stereocenters. The van der Waals surface area contributed by atoms with Crippen LogP contribution in [0.3, 0.4) is 0 Å². The third-order valence-corrected chi connectivity index (χ3v) is 3.83. The molecule has 9 heteroatoms. The molecule has 9 nitrogen and oxygen atoms in total. The fourth-order valence-electron chi connectivity index (χ4n) is 2.50. The molecule has 0 aliphatic carbocycles. The first-order valence-corrected chi connectivity index (χ1v) is 9.05. The largest absolute Gasteiger partial charge is 0.480 e.